The van der Waals surface area contributed by atoms with Crippen molar-refractivity contribution in [1.29, 1.82) is 0 Å². The molecule has 1 saturated carbocycles. The van der Waals surface area contributed by atoms with E-state index in [1.54, 1.807) is 11.0 Å². The van der Waals surface area contributed by atoms with Crippen LogP contribution in [0.25, 0.3) is 16.6 Å². The van der Waals surface area contributed by atoms with E-state index in [2.05, 4.69) is 5.32 Å². The van der Waals surface area contributed by atoms with Crippen molar-refractivity contribution in [2.24, 2.45) is 0 Å². The van der Waals surface area contributed by atoms with Gasteiger partial charge in [0, 0.05) is 30.4 Å². The molecule has 1 fully saturated rings. The number of hydrogen-bond acceptors (Lipinski definition) is 2. The lowest BCUT2D eigenvalue weighted by atomic mass is 9.92. The smallest absolute Gasteiger partial charge is 0.273 e. The molecule has 2 aromatic heterocycles. The van der Waals surface area contributed by atoms with E-state index in [1.807, 2.05) is 71.8 Å². The average Bonchev–Trinajstić information content (AvgIpc) is 3.46. The molecule has 6 rings (SSSR count). The maximum Gasteiger partial charge on any atom is 0.273 e. The van der Waals surface area contributed by atoms with Crippen molar-refractivity contribution in [1.82, 2.24) is 19.4 Å². The van der Waals surface area contributed by atoms with Gasteiger partial charge in [0.1, 0.15) is 17.1 Å². The van der Waals surface area contributed by atoms with Crippen LogP contribution in [0.3, 0.4) is 0 Å². The van der Waals surface area contributed by atoms with Crippen molar-refractivity contribution < 1.29 is 14.0 Å². The average molecular weight is 527 g/mol. The van der Waals surface area contributed by atoms with Crippen LogP contribution in [0.5, 0.6) is 0 Å². The highest BCUT2D eigenvalue weighted by Gasteiger charge is 2.49. The van der Waals surface area contributed by atoms with E-state index in [-0.39, 0.29) is 30.2 Å². The summed E-state index contributed by atoms with van der Waals surface area (Å²) in [5.41, 5.74) is 2.79. The second-order valence-electron chi connectivity index (χ2n) is 11.3. The second-order valence-corrected chi connectivity index (χ2v) is 11.3. The molecule has 6 nitrogen and oxygen atoms in total. The summed E-state index contributed by atoms with van der Waals surface area (Å²) in [5, 5.41) is 3.98. The first-order valence-electron chi connectivity index (χ1n) is 14.0. The number of carbonyl (C=O) groups excluding carboxylic acids is 2. The first-order chi connectivity index (χ1) is 18.9. The third-order valence-corrected chi connectivity index (χ3v) is 8.64. The number of aryl methyl sites for hydroxylation is 1. The Labute approximate surface area is 228 Å². The van der Waals surface area contributed by atoms with E-state index in [0.29, 0.717) is 23.3 Å². The van der Waals surface area contributed by atoms with E-state index in [9.17, 15) is 14.0 Å². The van der Waals surface area contributed by atoms with Gasteiger partial charge in [0.15, 0.2) is 0 Å². The monoisotopic (exact) mass is 526 g/mol. The molecule has 0 unspecified atom stereocenters. The van der Waals surface area contributed by atoms with Crippen molar-refractivity contribution in [3.63, 3.8) is 0 Å². The summed E-state index contributed by atoms with van der Waals surface area (Å²) >= 11 is 0. The maximum absolute atomic E-state index is 14.6. The van der Waals surface area contributed by atoms with E-state index >= 15 is 0 Å². The van der Waals surface area contributed by atoms with Crippen LogP contribution in [0, 0.1) is 12.7 Å². The summed E-state index contributed by atoms with van der Waals surface area (Å²) in [5.74, 6) is -0.728. The van der Waals surface area contributed by atoms with Crippen LogP contribution in [-0.4, -0.2) is 37.4 Å². The van der Waals surface area contributed by atoms with Crippen molar-refractivity contribution >= 4 is 22.7 Å². The Morgan fingerprint density at radius 3 is 2.46 bits per heavy atom. The molecule has 0 spiro atoms. The van der Waals surface area contributed by atoms with Gasteiger partial charge in [-0.3, -0.25) is 9.59 Å². The number of carbonyl (C=O) groups is 2. The Balaban J connectivity index is 1.50. The topological polar surface area (TPSA) is 59.3 Å². The quantitative estimate of drug-likeness (QED) is 0.318. The number of aromatic nitrogens is 2. The van der Waals surface area contributed by atoms with Gasteiger partial charge in [-0.15, -0.1) is 0 Å². The normalized spacial score (nSPS) is 20.2. The van der Waals surface area contributed by atoms with Crippen LogP contribution >= 0.6 is 0 Å². The second kappa shape index (κ2) is 10.0. The van der Waals surface area contributed by atoms with E-state index in [0.717, 1.165) is 42.3 Å². The van der Waals surface area contributed by atoms with Gasteiger partial charge in [-0.1, -0.05) is 49.9 Å². The summed E-state index contributed by atoms with van der Waals surface area (Å²) in [6, 6.07) is 16.5. The number of fused-ring (bicyclic) bond motifs is 3. The van der Waals surface area contributed by atoms with Gasteiger partial charge in [-0.25, -0.2) is 4.39 Å². The minimum Gasteiger partial charge on any atom is -0.351 e. The molecule has 4 aromatic rings. The number of hydrogen-bond donors (Lipinski definition) is 1. The fourth-order valence-corrected chi connectivity index (χ4v) is 6.34. The predicted molar refractivity (Wildman–Crippen MR) is 150 cm³/mol. The fourth-order valence-electron chi connectivity index (χ4n) is 6.34. The van der Waals surface area contributed by atoms with Crippen molar-refractivity contribution in [3.8, 4) is 5.69 Å². The van der Waals surface area contributed by atoms with Crippen LogP contribution in [0.2, 0.25) is 0 Å². The van der Waals surface area contributed by atoms with Crippen LogP contribution < -0.4 is 5.32 Å². The molecule has 2 amide bonds. The molecule has 2 aromatic carbocycles. The molecule has 0 bridgehead atoms. The Morgan fingerprint density at radius 1 is 1.03 bits per heavy atom. The van der Waals surface area contributed by atoms with Gasteiger partial charge in [0.2, 0.25) is 5.91 Å². The maximum atomic E-state index is 14.6. The molecule has 1 atom stereocenters. The Bertz CT molecular complexity index is 1530. The molecule has 0 radical (unpaired) electrons. The molecule has 1 N–H and O–H groups in total. The van der Waals surface area contributed by atoms with Gasteiger partial charge in [-0.2, -0.15) is 0 Å². The fraction of sp³-hybridized carbons (Fsp3) is 0.375. The third-order valence-electron chi connectivity index (χ3n) is 8.64. The Kier molecular flexibility index (Phi) is 6.53. The molecule has 1 aliphatic carbocycles. The first-order valence-corrected chi connectivity index (χ1v) is 14.0. The Hall–Kier alpha value is -3.87. The van der Waals surface area contributed by atoms with Gasteiger partial charge in [0.05, 0.1) is 17.7 Å². The van der Waals surface area contributed by atoms with Crippen molar-refractivity contribution in [2.75, 3.05) is 0 Å². The zero-order valence-corrected chi connectivity index (χ0v) is 22.6. The molecule has 7 heteroatoms. The van der Waals surface area contributed by atoms with Crippen LogP contribution in [0.4, 0.5) is 4.39 Å². The molecule has 2 aliphatic rings. The number of amides is 2. The van der Waals surface area contributed by atoms with Crippen LogP contribution in [0.15, 0.2) is 67.0 Å². The predicted octanol–water partition coefficient (Wildman–Crippen LogP) is 6.13. The zero-order chi connectivity index (χ0) is 27.1. The van der Waals surface area contributed by atoms with Crippen molar-refractivity contribution in [2.45, 2.75) is 77.0 Å². The molecule has 202 valence electrons. The van der Waals surface area contributed by atoms with Crippen LogP contribution in [0.1, 0.15) is 67.1 Å². The highest BCUT2D eigenvalue weighted by Crippen LogP contribution is 2.39. The summed E-state index contributed by atoms with van der Waals surface area (Å²) in [6.07, 6.45) is 10.2. The first kappa shape index (κ1) is 25.4. The number of nitrogens with zero attached hydrogens (tertiary/aromatic N) is 3. The number of nitrogens with one attached hydrogen (secondary N) is 1. The van der Waals surface area contributed by atoms with Gasteiger partial charge >= 0.3 is 0 Å². The van der Waals surface area contributed by atoms with E-state index in [4.69, 9.17) is 0 Å². The lowest BCUT2D eigenvalue weighted by molar-refractivity contribution is -0.134. The highest BCUT2D eigenvalue weighted by molar-refractivity contribution is 6.09. The third kappa shape index (κ3) is 4.44. The van der Waals surface area contributed by atoms with Gasteiger partial charge in [-0.05, 0) is 68.1 Å². The lowest BCUT2D eigenvalue weighted by Gasteiger charge is -2.45. The van der Waals surface area contributed by atoms with Gasteiger partial charge < -0.3 is 19.4 Å². The van der Waals surface area contributed by atoms with Crippen molar-refractivity contribution in [3.05, 3.63) is 89.6 Å². The van der Waals surface area contributed by atoms with E-state index < -0.39 is 5.54 Å². The number of benzene rings is 2. The lowest BCUT2D eigenvalue weighted by Crippen LogP contribution is -2.64. The molecule has 39 heavy (non-hydrogen) atoms. The number of rotatable bonds is 5. The summed E-state index contributed by atoms with van der Waals surface area (Å²) < 4.78 is 18.3. The van der Waals surface area contributed by atoms with E-state index in [1.165, 1.54) is 25.0 Å². The van der Waals surface area contributed by atoms with Gasteiger partial charge in [0.25, 0.3) is 5.91 Å². The summed E-state index contributed by atoms with van der Waals surface area (Å²) in [7, 11) is 0. The SMILES string of the molecule is Cc1ccccc1CN1C(=O)c2c(-n3cccc3)c3cc(F)ccc3n2C[C@]1(C)C(=O)NC1CCCCCC1. The zero-order valence-electron chi connectivity index (χ0n) is 22.6. The largest absolute Gasteiger partial charge is 0.351 e. The Morgan fingerprint density at radius 2 is 1.74 bits per heavy atom. The minimum absolute atomic E-state index is 0.111. The molecule has 0 saturated heterocycles. The summed E-state index contributed by atoms with van der Waals surface area (Å²) in [4.78, 5) is 30.5. The molecular formula is C32H35FN4O2. The standard InChI is InChI=1S/C32H35FN4O2/c1-22-11-7-8-12-23(22)20-37-30(38)29-28(35-17-9-10-18-35)26-19-24(33)15-16-27(26)36(29)21-32(37,2)31(39)34-25-13-5-3-4-6-14-25/h7-12,15-19,25H,3-6,13-14,20-21H2,1-2H3,(H,34,39)/t32-/m1/s1. The minimum atomic E-state index is -1.13. The molecule has 3 heterocycles. The van der Waals surface area contributed by atoms with Crippen LogP contribution in [-0.2, 0) is 17.9 Å². The highest BCUT2D eigenvalue weighted by atomic mass is 19.1. The number of halogens is 1. The molecular weight excluding hydrogens is 491 g/mol. The molecule has 1 aliphatic heterocycles. The summed E-state index contributed by atoms with van der Waals surface area (Å²) in [6.45, 7) is 4.49.